The molecule has 0 aliphatic carbocycles. The average molecular weight is 410 g/mol. The standard InChI is InChI=1S/C25H19N3OS/c1-18-12-13-19-15-20(16-26)25(27-23(19)14-18)30-17-24(29)28(21-8-4-2-5-9-21)22-10-6-3-7-11-22/h2-15H,17H2,1H3. The first-order valence-corrected chi connectivity index (χ1v) is 10.5. The number of thioether (sulfide) groups is 1. The lowest BCUT2D eigenvalue weighted by atomic mass is 10.1. The number of amides is 1. The second kappa shape index (κ2) is 8.81. The van der Waals surface area contributed by atoms with Crippen LogP contribution in [0.3, 0.4) is 0 Å². The highest BCUT2D eigenvalue weighted by atomic mass is 32.2. The first-order valence-electron chi connectivity index (χ1n) is 9.53. The molecular weight excluding hydrogens is 390 g/mol. The van der Waals surface area contributed by atoms with Gasteiger partial charge in [0.2, 0.25) is 5.91 Å². The molecule has 0 spiro atoms. The molecule has 0 atom stereocenters. The molecule has 0 fully saturated rings. The summed E-state index contributed by atoms with van der Waals surface area (Å²) in [6.45, 7) is 2.01. The molecule has 4 aromatic rings. The van der Waals surface area contributed by atoms with Gasteiger partial charge in [0.1, 0.15) is 11.1 Å². The number of aromatic nitrogens is 1. The quantitative estimate of drug-likeness (QED) is 0.387. The van der Waals surface area contributed by atoms with Gasteiger partial charge in [0, 0.05) is 16.8 Å². The molecule has 4 rings (SSSR count). The Hall–Kier alpha value is -3.62. The van der Waals surface area contributed by atoms with E-state index in [0.29, 0.717) is 10.6 Å². The van der Waals surface area contributed by atoms with Gasteiger partial charge in [-0.05, 0) is 48.9 Å². The van der Waals surface area contributed by atoms with Crippen LogP contribution in [0.5, 0.6) is 0 Å². The summed E-state index contributed by atoms with van der Waals surface area (Å²) in [4.78, 5) is 19.6. The maximum absolute atomic E-state index is 13.2. The highest BCUT2D eigenvalue weighted by Crippen LogP contribution is 2.29. The van der Waals surface area contributed by atoms with E-state index >= 15 is 0 Å². The van der Waals surface area contributed by atoms with E-state index < -0.39 is 0 Å². The number of carbonyl (C=O) groups excluding carboxylic acids is 1. The van der Waals surface area contributed by atoms with Gasteiger partial charge in [0.15, 0.2) is 0 Å². The Bertz CT molecular complexity index is 1190. The number of para-hydroxylation sites is 2. The number of nitrogens with zero attached hydrogens (tertiary/aromatic N) is 3. The third kappa shape index (κ3) is 4.19. The zero-order valence-electron chi connectivity index (χ0n) is 16.4. The molecular formula is C25H19N3OS. The van der Waals surface area contributed by atoms with E-state index in [1.54, 1.807) is 4.90 Å². The monoisotopic (exact) mass is 409 g/mol. The molecule has 146 valence electrons. The minimum atomic E-state index is -0.0765. The largest absolute Gasteiger partial charge is 0.280 e. The summed E-state index contributed by atoms with van der Waals surface area (Å²) in [5.74, 6) is 0.0930. The Morgan fingerprint density at radius 2 is 1.60 bits per heavy atom. The van der Waals surface area contributed by atoms with E-state index in [2.05, 4.69) is 11.1 Å². The number of hydrogen-bond donors (Lipinski definition) is 0. The van der Waals surface area contributed by atoms with E-state index in [4.69, 9.17) is 0 Å². The first-order chi connectivity index (χ1) is 14.7. The highest BCUT2D eigenvalue weighted by Gasteiger charge is 2.19. The summed E-state index contributed by atoms with van der Waals surface area (Å²) in [5.41, 5.74) is 4.02. The second-order valence-corrected chi connectivity index (χ2v) is 7.80. The lowest BCUT2D eigenvalue weighted by Crippen LogP contribution is -2.27. The number of fused-ring (bicyclic) bond motifs is 1. The summed E-state index contributed by atoms with van der Waals surface area (Å²) in [6, 6.07) is 29.1. The van der Waals surface area contributed by atoms with E-state index in [0.717, 1.165) is 27.8 Å². The second-order valence-electron chi connectivity index (χ2n) is 6.84. The Kier molecular flexibility index (Phi) is 5.78. The maximum Gasteiger partial charge on any atom is 0.241 e. The SMILES string of the molecule is Cc1ccc2cc(C#N)c(SCC(=O)N(c3ccccc3)c3ccccc3)nc2c1. The van der Waals surface area contributed by atoms with Gasteiger partial charge in [-0.2, -0.15) is 5.26 Å². The van der Waals surface area contributed by atoms with Crippen LogP contribution >= 0.6 is 11.8 Å². The van der Waals surface area contributed by atoms with E-state index in [1.165, 1.54) is 11.8 Å². The van der Waals surface area contributed by atoms with Crippen molar-refractivity contribution in [2.45, 2.75) is 11.9 Å². The summed E-state index contributed by atoms with van der Waals surface area (Å²) in [6.07, 6.45) is 0. The van der Waals surface area contributed by atoms with Crippen molar-refractivity contribution in [3.63, 3.8) is 0 Å². The van der Waals surface area contributed by atoms with Crippen LogP contribution in [-0.2, 0) is 4.79 Å². The third-order valence-corrected chi connectivity index (χ3v) is 5.65. The van der Waals surface area contributed by atoms with Gasteiger partial charge < -0.3 is 0 Å². The molecule has 30 heavy (non-hydrogen) atoms. The number of aryl methyl sites for hydroxylation is 1. The van der Waals surface area contributed by atoms with Crippen molar-refractivity contribution < 1.29 is 4.79 Å². The molecule has 0 aliphatic rings. The van der Waals surface area contributed by atoms with Gasteiger partial charge in [0.05, 0.1) is 16.8 Å². The molecule has 0 saturated carbocycles. The van der Waals surface area contributed by atoms with Crippen LogP contribution in [0.4, 0.5) is 11.4 Å². The van der Waals surface area contributed by atoms with Crippen molar-refractivity contribution in [1.29, 1.82) is 5.26 Å². The molecule has 0 saturated heterocycles. The molecule has 0 aliphatic heterocycles. The van der Waals surface area contributed by atoms with Crippen LogP contribution in [0.2, 0.25) is 0 Å². The number of nitriles is 1. The first kappa shape index (κ1) is 19.7. The van der Waals surface area contributed by atoms with Crippen LogP contribution in [0.25, 0.3) is 10.9 Å². The van der Waals surface area contributed by atoms with Crippen molar-refractivity contribution in [3.8, 4) is 6.07 Å². The normalized spacial score (nSPS) is 10.5. The minimum Gasteiger partial charge on any atom is -0.280 e. The Labute approximate surface area is 179 Å². The number of hydrogen-bond acceptors (Lipinski definition) is 4. The van der Waals surface area contributed by atoms with Crippen LogP contribution < -0.4 is 4.90 Å². The van der Waals surface area contributed by atoms with Crippen LogP contribution in [0.15, 0.2) is 90.0 Å². The molecule has 0 N–H and O–H groups in total. The summed E-state index contributed by atoms with van der Waals surface area (Å²) in [7, 11) is 0. The summed E-state index contributed by atoms with van der Waals surface area (Å²) in [5, 5.41) is 11.1. The lowest BCUT2D eigenvalue weighted by Gasteiger charge is -2.23. The van der Waals surface area contributed by atoms with Gasteiger partial charge >= 0.3 is 0 Å². The predicted octanol–water partition coefficient (Wildman–Crippen LogP) is 5.87. The van der Waals surface area contributed by atoms with Crippen LogP contribution in [0.1, 0.15) is 11.1 Å². The van der Waals surface area contributed by atoms with Crippen molar-refractivity contribution in [2.24, 2.45) is 0 Å². The maximum atomic E-state index is 13.2. The molecule has 0 unspecified atom stereocenters. The summed E-state index contributed by atoms with van der Waals surface area (Å²) >= 11 is 1.29. The highest BCUT2D eigenvalue weighted by molar-refractivity contribution is 8.00. The Balaban J connectivity index is 1.63. The van der Waals surface area contributed by atoms with Gasteiger partial charge in [0.25, 0.3) is 0 Å². The molecule has 3 aromatic carbocycles. The average Bonchev–Trinajstić information content (AvgIpc) is 2.78. The molecule has 1 amide bonds. The molecule has 0 radical (unpaired) electrons. The molecule has 0 bridgehead atoms. The van der Waals surface area contributed by atoms with Gasteiger partial charge in [-0.25, -0.2) is 4.98 Å². The van der Waals surface area contributed by atoms with E-state index in [-0.39, 0.29) is 11.7 Å². The van der Waals surface area contributed by atoms with Crippen molar-refractivity contribution >= 4 is 39.9 Å². The topological polar surface area (TPSA) is 57.0 Å². The fourth-order valence-corrected chi connectivity index (χ4v) is 4.05. The van der Waals surface area contributed by atoms with Crippen LogP contribution in [0, 0.1) is 18.3 Å². The van der Waals surface area contributed by atoms with Gasteiger partial charge in [-0.15, -0.1) is 0 Å². The zero-order valence-corrected chi connectivity index (χ0v) is 17.3. The van der Waals surface area contributed by atoms with Crippen molar-refractivity contribution in [2.75, 3.05) is 10.7 Å². The summed E-state index contributed by atoms with van der Waals surface area (Å²) < 4.78 is 0. The van der Waals surface area contributed by atoms with Crippen LogP contribution in [-0.4, -0.2) is 16.6 Å². The number of anilines is 2. The van der Waals surface area contributed by atoms with Crippen molar-refractivity contribution in [3.05, 3.63) is 96.1 Å². The fourth-order valence-electron chi connectivity index (χ4n) is 3.24. The zero-order chi connectivity index (χ0) is 20.9. The van der Waals surface area contributed by atoms with Gasteiger partial charge in [-0.1, -0.05) is 60.3 Å². The molecule has 1 aromatic heterocycles. The smallest absolute Gasteiger partial charge is 0.241 e. The predicted molar refractivity (Wildman–Crippen MR) is 122 cm³/mol. The molecule has 4 nitrogen and oxygen atoms in total. The molecule has 5 heteroatoms. The third-order valence-electron chi connectivity index (χ3n) is 4.67. The minimum absolute atomic E-state index is 0.0765. The Morgan fingerprint density at radius 3 is 2.20 bits per heavy atom. The number of pyridine rings is 1. The number of rotatable bonds is 5. The van der Waals surface area contributed by atoms with E-state index in [9.17, 15) is 10.1 Å². The lowest BCUT2D eigenvalue weighted by molar-refractivity contribution is -0.115. The molecule has 1 heterocycles. The number of benzene rings is 3. The number of carbonyl (C=O) groups is 1. The van der Waals surface area contributed by atoms with Crippen molar-refractivity contribution in [1.82, 2.24) is 4.98 Å². The van der Waals surface area contributed by atoms with Gasteiger partial charge in [-0.3, -0.25) is 9.69 Å². The van der Waals surface area contributed by atoms with E-state index in [1.807, 2.05) is 91.9 Å². The fraction of sp³-hybridized carbons (Fsp3) is 0.0800. The Morgan fingerprint density at radius 1 is 0.967 bits per heavy atom.